The molecule has 0 spiro atoms. The molecule has 0 aromatic heterocycles. The zero-order valence-electron chi connectivity index (χ0n) is 10.4. The SMILES string of the molecule is CC(=O)c1ccc(NC(=O)C(C)(C)C)c(I)c1. The second-order valence-corrected chi connectivity index (χ2v) is 6.12. The molecule has 0 aliphatic rings. The molecule has 0 fully saturated rings. The standard InChI is InChI=1S/C13H16INO2/c1-8(16)9-5-6-11(10(14)7-9)15-12(17)13(2,3)4/h5-7H,1-4H3,(H,15,17). The molecule has 0 unspecified atom stereocenters. The molecule has 3 nitrogen and oxygen atoms in total. The smallest absolute Gasteiger partial charge is 0.229 e. The first-order valence-electron chi connectivity index (χ1n) is 5.34. The van der Waals surface area contributed by atoms with Gasteiger partial charge in [0.2, 0.25) is 5.91 Å². The topological polar surface area (TPSA) is 46.2 Å². The van der Waals surface area contributed by atoms with Gasteiger partial charge in [-0.3, -0.25) is 9.59 Å². The highest BCUT2D eigenvalue weighted by molar-refractivity contribution is 14.1. The molecule has 0 saturated heterocycles. The van der Waals surface area contributed by atoms with Crippen LogP contribution in [0.4, 0.5) is 5.69 Å². The number of benzene rings is 1. The minimum absolute atomic E-state index is 0.0246. The highest BCUT2D eigenvalue weighted by atomic mass is 127. The van der Waals surface area contributed by atoms with E-state index >= 15 is 0 Å². The molecule has 92 valence electrons. The summed E-state index contributed by atoms with van der Waals surface area (Å²) in [5.74, 6) is -0.0115. The fourth-order valence-electron chi connectivity index (χ4n) is 1.15. The van der Waals surface area contributed by atoms with Crippen LogP contribution in [-0.2, 0) is 4.79 Å². The zero-order chi connectivity index (χ0) is 13.2. The third kappa shape index (κ3) is 3.80. The first kappa shape index (κ1) is 14.2. The van der Waals surface area contributed by atoms with E-state index in [1.807, 2.05) is 20.8 Å². The number of halogens is 1. The maximum absolute atomic E-state index is 11.8. The number of carbonyl (C=O) groups excluding carboxylic acids is 2. The Morgan fingerprint density at radius 1 is 1.24 bits per heavy atom. The molecule has 0 aliphatic carbocycles. The van der Waals surface area contributed by atoms with E-state index in [0.717, 1.165) is 9.26 Å². The van der Waals surface area contributed by atoms with Crippen LogP contribution in [0.3, 0.4) is 0 Å². The van der Waals surface area contributed by atoms with Crippen LogP contribution in [-0.4, -0.2) is 11.7 Å². The van der Waals surface area contributed by atoms with Crippen molar-refractivity contribution in [3.63, 3.8) is 0 Å². The van der Waals surface area contributed by atoms with Crippen molar-refractivity contribution >= 4 is 40.0 Å². The van der Waals surface area contributed by atoms with E-state index in [0.29, 0.717) is 5.56 Å². The van der Waals surface area contributed by atoms with Crippen molar-refractivity contribution in [1.29, 1.82) is 0 Å². The molecule has 1 aromatic rings. The van der Waals surface area contributed by atoms with E-state index in [-0.39, 0.29) is 11.7 Å². The number of ketones is 1. The number of nitrogens with one attached hydrogen (secondary N) is 1. The van der Waals surface area contributed by atoms with Gasteiger partial charge in [0.25, 0.3) is 0 Å². The van der Waals surface area contributed by atoms with Crippen molar-refractivity contribution in [2.45, 2.75) is 27.7 Å². The lowest BCUT2D eigenvalue weighted by Crippen LogP contribution is -2.28. The summed E-state index contributed by atoms with van der Waals surface area (Å²) in [4.78, 5) is 23.0. The maximum Gasteiger partial charge on any atom is 0.229 e. The van der Waals surface area contributed by atoms with E-state index in [2.05, 4.69) is 27.9 Å². The van der Waals surface area contributed by atoms with Gasteiger partial charge in [0.05, 0.1) is 5.69 Å². The lowest BCUT2D eigenvalue weighted by atomic mass is 9.95. The molecule has 1 aromatic carbocycles. The summed E-state index contributed by atoms with van der Waals surface area (Å²) in [5.41, 5.74) is 0.973. The van der Waals surface area contributed by atoms with Gasteiger partial charge in [-0.2, -0.15) is 0 Å². The number of Topliss-reactive ketones (excluding diaryl/α,β-unsaturated/α-hetero) is 1. The Morgan fingerprint density at radius 3 is 2.24 bits per heavy atom. The molecule has 0 bridgehead atoms. The zero-order valence-corrected chi connectivity index (χ0v) is 12.6. The second kappa shape index (κ2) is 5.16. The highest BCUT2D eigenvalue weighted by Gasteiger charge is 2.21. The van der Waals surface area contributed by atoms with E-state index in [9.17, 15) is 9.59 Å². The second-order valence-electron chi connectivity index (χ2n) is 4.95. The largest absolute Gasteiger partial charge is 0.325 e. The van der Waals surface area contributed by atoms with E-state index in [4.69, 9.17) is 0 Å². The van der Waals surface area contributed by atoms with Crippen molar-refractivity contribution < 1.29 is 9.59 Å². The van der Waals surface area contributed by atoms with Gasteiger partial charge in [-0.05, 0) is 47.7 Å². The fourth-order valence-corrected chi connectivity index (χ4v) is 1.80. The predicted molar refractivity (Wildman–Crippen MR) is 77.2 cm³/mol. The monoisotopic (exact) mass is 345 g/mol. The van der Waals surface area contributed by atoms with Gasteiger partial charge in [-0.1, -0.05) is 20.8 Å². The number of amides is 1. The lowest BCUT2D eigenvalue weighted by molar-refractivity contribution is -0.123. The van der Waals surface area contributed by atoms with Crippen LogP contribution in [0.1, 0.15) is 38.1 Å². The van der Waals surface area contributed by atoms with Crippen molar-refractivity contribution in [2.24, 2.45) is 5.41 Å². The molecular weight excluding hydrogens is 329 g/mol. The summed E-state index contributed by atoms with van der Waals surface area (Å²) in [5, 5.41) is 2.86. The third-order valence-electron chi connectivity index (χ3n) is 2.30. The Labute approximate surface area is 115 Å². The molecule has 0 aliphatic heterocycles. The van der Waals surface area contributed by atoms with Crippen LogP contribution in [0.15, 0.2) is 18.2 Å². The third-order valence-corrected chi connectivity index (χ3v) is 3.20. The molecule has 17 heavy (non-hydrogen) atoms. The first-order chi connectivity index (χ1) is 7.71. The molecule has 1 N–H and O–H groups in total. The van der Waals surface area contributed by atoms with Gasteiger partial charge >= 0.3 is 0 Å². The Bertz CT molecular complexity index is 461. The Hall–Kier alpha value is -0.910. The van der Waals surface area contributed by atoms with Crippen LogP contribution in [0, 0.1) is 8.99 Å². The average Bonchev–Trinajstić information content (AvgIpc) is 2.19. The quantitative estimate of drug-likeness (QED) is 0.659. The molecule has 4 heteroatoms. The number of carbonyl (C=O) groups is 2. The summed E-state index contributed by atoms with van der Waals surface area (Å²) in [7, 11) is 0. The van der Waals surface area contributed by atoms with Crippen LogP contribution in [0.25, 0.3) is 0 Å². The predicted octanol–water partition coefficient (Wildman–Crippen LogP) is 3.48. The fraction of sp³-hybridized carbons (Fsp3) is 0.385. The van der Waals surface area contributed by atoms with Crippen molar-refractivity contribution in [2.75, 3.05) is 5.32 Å². The van der Waals surface area contributed by atoms with E-state index in [1.165, 1.54) is 6.92 Å². The molecule has 1 rings (SSSR count). The van der Waals surface area contributed by atoms with Gasteiger partial charge in [-0.15, -0.1) is 0 Å². The average molecular weight is 345 g/mol. The number of rotatable bonds is 2. The summed E-state index contributed by atoms with van der Waals surface area (Å²) >= 11 is 2.11. The van der Waals surface area contributed by atoms with Crippen molar-refractivity contribution in [3.8, 4) is 0 Å². The Morgan fingerprint density at radius 2 is 1.82 bits per heavy atom. The molecule has 0 heterocycles. The summed E-state index contributed by atoms with van der Waals surface area (Å²) in [6, 6.07) is 5.27. The molecule has 0 atom stereocenters. The van der Waals surface area contributed by atoms with E-state index in [1.54, 1.807) is 18.2 Å². The summed E-state index contributed by atoms with van der Waals surface area (Å²) in [6.45, 7) is 7.11. The van der Waals surface area contributed by atoms with Crippen molar-refractivity contribution in [1.82, 2.24) is 0 Å². The summed E-state index contributed by atoms with van der Waals surface area (Å²) < 4.78 is 0.868. The van der Waals surface area contributed by atoms with Gasteiger partial charge < -0.3 is 5.32 Å². The molecule has 0 saturated carbocycles. The number of hydrogen-bond donors (Lipinski definition) is 1. The lowest BCUT2D eigenvalue weighted by Gasteiger charge is -2.18. The minimum Gasteiger partial charge on any atom is -0.325 e. The van der Waals surface area contributed by atoms with Crippen LogP contribution >= 0.6 is 22.6 Å². The van der Waals surface area contributed by atoms with Gasteiger partial charge in [0, 0.05) is 14.5 Å². The van der Waals surface area contributed by atoms with Crippen molar-refractivity contribution in [3.05, 3.63) is 27.3 Å². The number of hydrogen-bond acceptors (Lipinski definition) is 2. The molecule has 1 amide bonds. The van der Waals surface area contributed by atoms with Gasteiger partial charge in [0.15, 0.2) is 5.78 Å². The molecular formula is C13H16INO2. The molecule has 0 radical (unpaired) electrons. The Balaban J connectivity index is 2.95. The van der Waals surface area contributed by atoms with Crippen LogP contribution in [0.2, 0.25) is 0 Å². The number of anilines is 1. The van der Waals surface area contributed by atoms with Crippen LogP contribution < -0.4 is 5.32 Å². The first-order valence-corrected chi connectivity index (χ1v) is 6.41. The van der Waals surface area contributed by atoms with Gasteiger partial charge in [0.1, 0.15) is 0 Å². The normalized spacial score (nSPS) is 11.1. The van der Waals surface area contributed by atoms with Crippen LogP contribution in [0.5, 0.6) is 0 Å². The Kier molecular flexibility index (Phi) is 4.30. The minimum atomic E-state index is -0.428. The van der Waals surface area contributed by atoms with Gasteiger partial charge in [-0.25, -0.2) is 0 Å². The maximum atomic E-state index is 11.8. The van der Waals surface area contributed by atoms with E-state index < -0.39 is 5.41 Å². The highest BCUT2D eigenvalue weighted by Crippen LogP contribution is 2.23. The summed E-state index contributed by atoms with van der Waals surface area (Å²) in [6.07, 6.45) is 0.